The van der Waals surface area contributed by atoms with Gasteiger partial charge in [0.15, 0.2) is 5.11 Å². The van der Waals surface area contributed by atoms with Crippen molar-refractivity contribution in [2.45, 2.75) is 43.8 Å². The zero-order valence-electron chi connectivity index (χ0n) is 16.7. The Bertz CT molecular complexity index is 991. The Morgan fingerprint density at radius 1 is 0.897 bits per heavy atom. The van der Waals surface area contributed by atoms with Gasteiger partial charge in [0, 0.05) is 11.4 Å². The first-order chi connectivity index (χ1) is 13.4. The summed E-state index contributed by atoms with van der Waals surface area (Å²) in [5.41, 5.74) is 1.58. The van der Waals surface area contributed by atoms with Gasteiger partial charge in [-0.25, -0.2) is 13.6 Å². The lowest BCUT2D eigenvalue weighted by Crippen LogP contribution is -2.41. The molecular weight excluding hydrogens is 409 g/mol. The lowest BCUT2D eigenvalue weighted by Gasteiger charge is -2.32. The molecule has 0 aliphatic carbocycles. The molecule has 0 amide bonds. The fraction of sp³-hybridized carbons (Fsp3) is 0.316. The van der Waals surface area contributed by atoms with Gasteiger partial charge >= 0.3 is 7.12 Å². The molecular formula is C19H24BN3O4S2. The summed E-state index contributed by atoms with van der Waals surface area (Å²) in [6.07, 6.45) is 0. The lowest BCUT2D eigenvalue weighted by atomic mass is 9.79. The highest BCUT2D eigenvalue weighted by atomic mass is 32.2. The van der Waals surface area contributed by atoms with Crippen LogP contribution in [-0.4, -0.2) is 31.9 Å². The smallest absolute Gasteiger partial charge is 0.399 e. The van der Waals surface area contributed by atoms with Gasteiger partial charge in [0.25, 0.3) is 0 Å². The third kappa shape index (κ3) is 4.96. The molecule has 0 atom stereocenters. The van der Waals surface area contributed by atoms with Gasteiger partial charge in [0.05, 0.1) is 16.1 Å². The van der Waals surface area contributed by atoms with Crippen LogP contribution in [0.15, 0.2) is 53.4 Å². The minimum Gasteiger partial charge on any atom is -0.399 e. The van der Waals surface area contributed by atoms with E-state index in [0.717, 1.165) is 11.2 Å². The van der Waals surface area contributed by atoms with Crippen molar-refractivity contribution in [3.8, 4) is 0 Å². The Balaban J connectivity index is 1.61. The summed E-state index contributed by atoms with van der Waals surface area (Å²) in [5, 5.41) is 11.5. The van der Waals surface area contributed by atoms with E-state index in [0.29, 0.717) is 10.8 Å². The van der Waals surface area contributed by atoms with Crippen LogP contribution in [0.25, 0.3) is 0 Å². The van der Waals surface area contributed by atoms with Gasteiger partial charge in [0.1, 0.15) is 0 Å². The van der Waals surface area contributed by atoms with Gasteiger partial charge < -0.3 is 19.9 Å². The van der Waals surface area contributed by atoms with Crippen molar-refractivity contribution in [2.75, 3.05) is 10.6 Å². The largest absolute Gasteiger partial charge is 0.494 e. The maximum absolute atomic E-state index is 11.3. The van der Waals surface area contributed by atoms with Crippen LogP contribution in [0.2, 0.25) is 0 Å². The monoisotopic (exact) mass is 433 g/mol. The van der Waals surface area contributed by atoms with E-state index >= 15 is 0 Å². The highest BCUT2D eigenvalue weighted by Crippen LogP contribution is 2.36. The predicted octanol–water partition coefficient (Wildman–Crippen LogP) is 2.44. The molecule has 0 radical (unpaired) electrons. The fourth-order valence-electron chi connectivity index (χ4n) is 2.72. The average Bonchev–Trinajstić information content (AvgIpc) is 2.83. The topological polar surface area (TPSA) is 103 Å². The molecule has 0 unspecified atom stereocenters. The quantitative estimate of drug-likeness (QED) is 0.503. The molecule has 0 aromatic heterocycles. The number of primary sulfonamides is 1. The second kappa shape index (κ2) is 7.69. The number of nitrogens with one attached hydrogen (secondary N) is 2. The second-order valence-electron chi connectivity index (χ2n) is 7.86. The van der Waals surface area contributed by atoms with Crippen molar-refractivity contribution in [2.24, 2.45) is 5.14 Å². The zero-order valence-corrected chi connectivity index (χ0v) is 18.4. The molecule has 0 spiro atoms. The molecule has 2 aromatic carbocycles. The van der Waals surface area contributed by atoms with E-state index in [4.69, 9.17) is 26.7 Å². The van der Waals surface area contributed by atoms with Gasteiger partial charge in [-0.2, -0.15) is 0 Å². The summed E-state index contributed by atoms with van der Waals surface area (Å²) in [6, 6.07) is 13.6. The Morgan fingerprint density at radius 3 is 1.72 bits per heavy atom. The number of hydrogen-bond donors (Lipinski definition) is 3. The zero-order chi connectivity index (χ0) is 21.4. The summed E-state index contributed by atoms with van der Waals surface area (Å²) in [4.78, 5) is 0.0419. The Morgan fingerprint density at radius 2 is 1.31 bits per heavy atom. The number of thiocarbonyl (C=S) groups is 1. The van der Waals surface area contributed by atoms with Gasteiger partial charge in [-0.05, 0) is 81.8 Å². The molecule has 7 nitrogen and oxygen atoms in total. The molecule has 10 heteroatoms. The Hall–Kier alpha value is -1.98. The van der Waals surface area contributed by atoms with Crippen LogP contribution in [0.3, 0.4) is 0 Å². The molecule has 29 heavy (non-hydrogen) atoms. The van der Waals surface area contributed by atoms with Crippen molar-refractivity contribution in [3.05, 3.63) is 48.5 Å². The highest BCUT2D eigenvalue weighted by molar-refractivity contribution is 7.89. The van der Waals surface area contributed by atoms with Gasteiger partial charge in [-0.3, -0.25) is 0 Å². The maximum Gasteiger partial charge on any atom is 0.494 e. The Labute approximate surface area is 177 Å². The molecule has 154 valence electrons. The van der Waals surface area contributed by atoms with Crippen LogP contribution >= 0.6 is 12.2 Å². The maximum atomic E-state index is 11.3. The first-order valence-electron chi connectivity index (χ1n) is 9.04. The molecule has 3 rings (SSSR count). The lowest BCUT2D eigenvalue weighted by molar-refractivity contribution is 0.00578. The van der Waals surface area contributed by atoms with Crippen molar-refractivity contribution in [3.63, 3.8) is 0 Å². The van der Waals surface area contributed by atoms with Crippen molar-refractivity contribution < 1.29 is 17.7 Å². The minimum absolute atomic E-state index is 0.0419. The minimum atomic E-state index is -3.72. The van der Waals surface area contributed by atoms with Crippen molar-refractivity contribution in [1.82, 2.24) is 0 Å². The van der Waals surface area contributed by atoms with Crippen LogP contribution in [0.1, 0.15) is 27.7 Å². The fourth-order valence-corrected chi connectivity index (χ4v) is 3.48. The molecule has 2 aromatic rings. The van der Waals surface area contributed by atoms with Crippen LogP contribution in [0.4, 0.5) is 11.4 Å². The van der Waals surface area contributed by atoms with Gasteiger partial charge in [-0.1, -0.05) is 12.1 Å². The van der Waals surface area contributed by atoms with Crippen molar-refractivity contribution in [1.29, 1.82) is 0 Å². The number of nitrogens with two attached hydrogens (primary N) is 1. The third-order valence-corrected chi connectivity index (χ3v) is 6.27. The van der Waals surface area contributed by atoms with Crippen molar-refractivity contribution >= 4 is 51.3 Å². The molecule has 1 saturated heterocycles. The number of anilines is 2. The first-order valence-corrected chi connectivity index (χ1v) is 11.0. The number of benzene rings is 2. The Kier molecular flexibility index (Phi) is 5.76. The highest BCUT2D eigenvalue weighted by Gasteiger charge is 2.51. The molecule has 1 aliphatic rings. The molecule has 0 saturated carbocycles. The van der Waals surface area contributed by atoms with Gasteiger partial charge in [-0.15, -0.1) is 0 Å². The summed E-state index contributed by atoms with van der Waals surface area (Å²) >= 11 is 5.31. The normalized spacial score (nSPS) is 17.8. The molecule has 1 heterocycles. The molecule has 1 aliphatic heterocycles. The molecule has 4 N–H and O–H groups in total. The van der Waals surface area contributed by atoms with E-state index < -0.39 is 28.3 Å². The van der Waals surface area contributed by atoms with E-state index in [1.807, 2.05) is 52.0 Å². The van der Waals surface area contributed by atoms with Crippen LogP contribution in [0.5, 0.6) is 0 Å². The summed E-state index contributed by atoms with van der Waals surface area (Å²) in [7, 11) is -4.14. The van der Waals surface area contributed by atoms with Gasteiger partial charge in [0.2, 0.25) is 10.0 Å². The summed E-state index contributed by atoms with van der Waals surface area (Å²) < 4.78 is 34.7. The van der Waals surface area contributed by atoms with E-state index in [1.165, 1.54) is 12.1 Å². The van der Waals surface area contributed by atoms with E-state index in [1.54, 1.807) is 12.1 Å². The average molecular weight is 433 g/mol. The predicted molar refractivity (Wildman–Crippen MR) is 120 cm³/mol. The van der Waals surface area contributed by atoms with Crippen LogP contribution in [-0.2, 0) is 19.3 Å². The first kappa shape index (κ1) is 21.7. The standard InChI is InChI=1S/C19H24BN3O4S2/c1-18(2)19(3,4)27-20(26-18)13-5-7-14(8-6-13)22-17(28)23-15-9-11-16(12-10-15)29(21,24)25/h5-12H,1-4H3,(H2,21,24,25)(H2,22,23,28). The number of rotatable bonds is 4. The second-order valence-corrected chi connectivity index (χ2v) is 9.83. The van der Waals surface area contributed by atoms with E-state index in [9.17, 15) is 8.42 Å². The number of sulfonamides is 1. The SMILES string of the molecule is CC1(C)OB(c2ccc(NC(=S)Nc3ccc(S(N)(=O)=O)cc3)cc2)OC1(C)C. The van der Waals surface area contributed by atoms with E-state index in [-0.39, 0.29) is 4.90 Å². The molecule has 0 bridgehead atoms. The third-order valence-electron chi connectivity index (χ3n) is 5.13. The van der Waals surface area contributed by atoms with Crippen LogP contribution in [0, 0.1) is 0 Å². The van der Waals surface area contributed by atoms with E-state index in [2.05, 4.69) is 10.6 Å². The van der Waals surface area contributed by atoms with Crippen LogP contribution < -0.4 is 21.2 Å². The summed E-state index contributed by atoms with van der Waals surface area (Å²) in [6.45, 7) is 8.07. The molecule has 1 fully saturated rings. The number of hydrogen-bond acceptors (Lipinski definition) is 5. The summed E-state index contributed by atoms with van der Waals surface area (Å²) in [5.74, 6) is 0.